The molecule has 1 aliphatic heterocycles. The molecule has 2 atom stereocenters. The molecule has 0 bridgehead atoms. The molecule has 0 aromatic heterocycles. The molecule has 1 N–H and O–H groups in total. The fourth-order valence-corrected chi connectivity index (χ4v) is 3.42. The molecule has 0 spiro atoms. The molecule has 0 aromatic rings. The zero-order chi connectivity index (χ0) is 21.2. The largest absolute Gasteiger partial charge is 0.496 e. The van der Waals surface area contributed by atoms with Crippen LogP contribution < -0.4 is 0 Å². The predicted molar refractivity (Wildman–Crippen MR) is 114 cm³/mol. The Morgan fingerprint density at radius 3 is 1.75 bits per heavy atom. The van der Waals surface area contributed by atoms with Crippen LogP contribution in [0.5, 0.6) is 0 Å². The Morgan fingerprint density at radius 2 is 1.46 bits per heavy atom. The molecule has 3 fully saturated rings. The van der Waals surface area contributed by atoms with Crippen molar-refractivity contribution in [2.75, 3.05) is 34.0 Å². The Kier molecular flexibility index (Phi) is 10.1. The first kappa shape index (κ1) is 24.6. The van der Waals surface area contributed by atoms with Crippen molar-refractivity contribution in [1.82, 2.24) is 0 Å². The number of hydrogen-bond acceptors (Lipinski definition) is 4. The highest BCUT2D eigenvalue weighted by molar-refractivity contribution is 5.23. The lowest BCUT2D eigenvalue weighted by molar-refractivity contribution is 0.0850. The third kappa shape index (κ3) is 6.57. The van der Waals surface area contributed by atoms with Crippen molar-refractivity contribution < 1.29 is 19.3 Å². The van der Waals surface area contributed by atoms with E-state index in [0.717, 1.165) is 25.6 Å². The summed E-state index contributed by atoms with van der Waals surface area (Å²) < 4.78 is 14.6. The molecule has 0 radical (unpaired) electrons. The number of ether oxygens (including phenoxy) is 3. The van der Waals surface area contributed by atoms with Gasteiger partial charge in [-0.1, -0.05) is 46.1 Å². The highest BCUT2D eigenvalue weighted by Gasteiger charge is 2.43. The molecule has 4 heteroatoms. The van der Waals surface area contributed by atoms with Crippen LogP contribution >= 0.6 is 0 Å². The van der Waals surface area contributed by atoms with E-state index in [1.54, 1.807) is 26.7 Å². The topological polar surface area (TPSA) is 47.9 Å². The SMILES string of the molecule is C1CCOC1.COC=C=C1CC(C)C1(C)C.COC=C=C1CC(CO)C1(C)C. The molecule has 160 valence electrons. The van der Waals surface area contributed by atoms with E-state index < -0.39 is 0 Å². The average molecular weight is 393 g/mol. The lowest BCUT2D eigenvalue weighted by atomic mass is 9.59. The first-order chi connectivity index (χ1) is 13.2. The van der Waals surface area contributed by atoms with Crippen LogP contribution in [0.3, 0.4) is 0 Å². The Bertz CT molecular complexity index is 590. The minimum Gasteiger partial charge on any atom is -0.496 e. The molecule has 1 heterocycles. The number of aliphatic hydroxyl groups is 1. The molecule has 2 unspecified atom stereocenters. The lowest BCUT2D eigenvalue weighted by Gasteiger charge is -2.45. The maximum atomic E-state index is 8.98. The second kappa shape index (κ2) is 11.5. The van der Waals surface area contributed by atoms with Gasteiger partial charge in [0.2, 0.25) is 0 Å². The number of rotatable bonds is 3. The molecule has 0 amide bonds. The van der Waals surface area contributed by atoms with E-state index in [-0.39, 0.29) is 12.0 Å². The van der Waals surface area contributed by atoms with Gasteiger partial charge in [-0.05, 0) is 59.5 Å². The summed E-state index contributed by atoms with van der Waals surface area (Å²) in [5, 5.41) is 8.98. The van der Waals surface area contributed by atoms with E-state index in [1.807, 2.05) is 0 Å². The standard InChI is InChI=1S/C10H16O2.C10H16O.C4H8O/c1-10(2)8(4-5-12-3)6-9(10)7-11;1-8-7-9(5-6-11-4)10(8,2)3;1-2-4-5-3-1/h5,9,11H,6-7H2,1-3H3;6,8H,7H2,1-4H3;1-4H2. The zero-order valence-electron chi connectivity index (χ0n) is 18.9. The van der Waals surface area contributed by atoms with Crippen molar-refractivity contribution in [3.05, 3.63) is 35.1 Å². The zero-order valence-corrected chi connectivity index (χ0v) is 18.9. The molecule has 3 aliphatic rings. The van der Waals surface area contributed by atoms with Gasteiger partial charge in [-0.2, -0.15) is 0 Å². The van der Waals surface area contributed by atoms with Crippen LogP contribution in [0.2, 0.25) is 0 Å². The fraction of sp³-hybridized carbons (Fsp3) is 0.750. The molecule has 1 saturated heterocycles. The van der Waals surface area contributed by atoms with Crippen molar-refractivity contribution in [1.29, 1.82) is 0 Å². The Balaban J connectivity index is 0.000000226. The molecular weight excluding hydrogens is 352 g/mol. The molecule has 2 saturated carbocycles. The van der Waals surface area contributed by atoms with Gasteiger partial charge in [0.25, 0.3) is 0 Å². The minimum atomic E-state index is 0.101. The van der Waals surface area contributed by atoms with Crippen molar-refractivity contribution in [2.24, 2.45) is 22.7 Å². The first-order valence-electron chi connectivity index (χ1n) is 10.3. The van der Waals surface area contributed by atoms with Crippen LogP contribution in [0.1, 0.15) is 60.3 Å². The summed E-state index contributed by atoms with van der Waals surface area (Å²) in [6.45, 7) is 13.3. The summed E-state index contributed by atoms with van der Waals surface area (Å²) in [6.07, 6.45) is 7.89. The number of methoxy groups -OCH3 is 2. The van der Waals surface area contributed by atoms with E-state index in [2.05, 4.69) is 46.1 Å². The normalized spacial score (nSPS) is 25.9. The summed E-state index contributed by atoms with van der Waals surface area (Å²) in [5.74, 6) is 1.18. The monoisotopic (exact) mass is 392 g/mol. The summed E-state index contributed by atoms with van der Waals surface area (Å²) in [7, 11) is 3.27. The van der Waals surface area contributed by atoms with Gasteiger partial charge in [0, 0.05) is 19.8 Å². The van der Waals surface area contributed by atoms with E-state index in [0.29, 0.717) is 11.3 Å². The van der Waals surface area contributed by atoms with Gasteiger partial charge in [0.1, 0.15) is 12.5 Å². The Morgan fingerprint density at radius 1 is 0.964 bits per heavy atom. The maximum Gasteiger partial charge on any atom is 0.125 e. The second-order valence-electron chi connectivity index (χ2n) is 8.90. The highest BCUT2D eigenvalue weighted by atomic mass is 16.5. The van der Waals surface area contributed by atoms with Crippen LogP contribution in [-0.4, -0.2) is 39.1 Å². The van der Waals surface area contributed by atoms with Crippen molar-refractivity contribution >= 4 is 0 Å². The van der Waals surface area contributed by atoms with Crippen LogP contribution in [0.15, 0.2) is 35.1 Å². The predicted octanol–water partition coefficient (Wildman–Crippen LogP) is 5.24. The summed E-state index contributed by atoms with van der Waals surface area (Å²) in [6, 6.07) is 0. The van der Waals surface area contributed by atoms with Crippen LogP contribution in [0.25, 0.3) is 0 Å². The number of aliphatic hydroxyl groups excluding tert-OH is 1. The molecule has 2 aliphatic carbocycles. The van der Waals surface area contributed by atoms with Crippen molar-refractivity contribution in [2.45, 2.75) is 60.3 Å². The highest BCUT2D eigenvalue weighted by Crippen LogP contribution is 2.50. The number of hydrogen-bond donors (Lipinski definition) is 1. The maximum absolute atomic E-state index is 8.98. The fourth-order valence-electron chi connectivity index (χ4n) is 3.42. The quantitative estimate of drug-likeness (QED) is 0.527. The van der Waals surface area contributed by atoms with Crippen molar-refractivity contribution in [3.8, 4) is 0 Å². The lowest BCUT2D eigenvalue weighted by Crippen LogP contribution is -2.39. The smallest absolute Gasteiger partial charge is 0.125 e. The van der Waals surface area contributed by atoms with Gasteiger partial charge >= 0.3 is 0 Å². The summed E-state index contributed by atoms with van der Waals surface area (Å²) in [4.78, 5) is 0. The van der Waals surface area contributed by atoms with E-state index >= 15 is 0 Å². The molecule has 4 nitrogen and oxygen atoms in total. The van der Waals surface area contributed by atoms with Gasteiger partial charge in [-0.3, -0.25) is 0 Å². The van der Waals surface area contributed by atoms with Gasteiger partial charge in [0.15, 0.2) is 0 Å². The second-order valence-corrected chi connectivity index (χ2v) is 8.90. The van der Waals surface area contributed by atoms with E-state index in [1.165, 1.54) is 30.4 Å². The van der Waals surface area contributed by atoms with Gasteiger partial charge in [-0.15, -0.1) is 0 Å². The molecule has 3 rings (SSSR count). The molecule has 0 aromatic carbocycles. The van der Waals surface area contributed by atoms with Crippen LogP contribution in [0, 0.1) is 22.7 Å². The molecule has 28 heavy (non-hydrogen) atoms. The Hall–Kier alpha value is -1.44. The molecular formula is C24H40O4. The van der Waals surface area contributed by atoms with Crippen LogP contribution in [-0.2, 0) is 14.2 Å². The summed E-state index contributed by atoms with van der Waals surface area (Å²) in [5.41, 5.74) is 9.30. The van der Waals surface area contributed by atoms with E-state index in [9.17, 15) is 0 Å². The van der Waals surface area contributed by atoms with Gasteiger partial charge < -0.3 is 19.3 Å². The average Bonchev–Trinajstić information content (AvgIpc) is 3.25. The van der Waals surface area contributed by atoms with Crippen LogP contribution in [0.4, 0.5) is 0 Å². The Labute approximate surface area is 172 Å². The van der Waals surface area contributed by atoms with Gasteiger partial charge in [0.05, 0.1) is 14.2 Å². The number of allylic oxidation sites excluding steroid dienone is 2. The third-order valence-electron chi connectivity index (χ3n) is 6.52. The summed E-state index contributed by atoms with van der Waals surface area (Å²) >= 11 is 0. The van der Waals surface area contributed by atoms with Gasteiger partial charge in [-0.25, -0.2) is 0 Å². The van der Waals surface area contributed by atoms with Crippen molar-refractivity contribution in [3.63, 3.8) is 0 Å². The minimum absolute atomic E-state index is 0.101. The first-order valence-corrected chi connectivity index (χ1v) is 10.3. The third-order valence-corrected chi connectivity index (χ3v) is 6.52. The van der Waals surface area contributed by atoms with E-state index in [4.69, 9.17) is 19.3 Å².